The van der Waals surface area contributed by atoms with Crippen molar-refractivity contribution in [1.29, 1.82) is 0 Å². The number of piperidine rings is 1. The molecule has 0 radical (unpaired) electrons. The second-order valence-corrected chi connectivity index (χ2v) is 23.8. The summed E-state index contributed by atoms with van der Waals surface area (Å²) in [6, 6.07) is 26.6. The highest BCUT2D eigenvalue weighted by Gasteiger charge is 2.46. The van der Waals surface area contributed by atoms with Gasteiger partial charge in [0.2, 0.25) is 47.3 Å². The molecule has 26 heteroatoms. The van der Waals surface area contributed by atoms with Crippen LogP contribution in [0.4, 0.5) is 0 Å². The first-order valence-corrected chi connectivity index (χ1v) is 30.8. The highest BCUT2D eigenvalue weighted by atomic mass is 16.4. The van der Waals surface area contributed by atoms with Crippen LogP contribution in [0, 0.1) is 11.8 Å². The van der Waals surface area contributed by atoms with Gasteiger partial charge >= 0.3 is 5.97 Å². The van der Waals surface area contributed by atoms with Crippen LogP contribution in [0.3, 0.4) is 0 Å². The minimum Gasteiger partial charge on any atom is -0.480 e. The van der Waals surface area contributed by atoms with E-state index in [0.29, 0.717) is 5.56 Å². The molecule has 8 amide bonds. The van der Waals surface area contributed by atoms with Crippen molar-refractivity contribution in [3.05, 3.63) is 144 Å². The van der Waals surface area contributed by atoms with Crippen LogP contribution in [-0.2, 0) is 68.8 Å². The number of carbonyl (C=O) groups is 9. The monoisotopic (exact) mass is 1260 g/mol. The summed E-state index contributed by atoms with van der Waals surface area (Å²) in [5.41, 5.74) is 36.2. The lowest BCUT2D eigenvalue weighted by Gasteiger charge is -2.41. The van der Waals surface area contributed by atoms with Crippen molar-refractivity contribution in [1.82, 2.24) is 42.1 Å². The first-order valence-electron chi connectivity index (χ1n) is 30.8. The minimum absolute atomic E-state index is 0.0335. The first kappa shape index (κ1) is 72.3. The second kappa shape index (κ2) is 36.3. The van der Waals surface area contributed by atoms with Gasteiger partial charge < -0.3 is 81.6 Å². The Morgan fingerprint density at radius 2 is 0.791 bits per heavy atom. The Balaban J connectivity index is 1.33. The molecule has 1 aliphatic heterocycles. The molecule has 1 fully saturated rings. The minimum atomic E-state index is -1.98. The van der Waals surface area contributed by atoms with Crippen molar-refractivity contribution in [2.45, 2.75) is 152 Å². The third-order valence-electron chi connectivity index (χ3n) is 15.4. The predicted molar refractivity (Wildman–Crippen MR) is 347 cm³/mol. The number of hydrogen-bond acceptors (Lipinski definition) is 13. The summed E-state index contributed by atoms with van der Waals surface area (Å²) in [6.07, 6.45) is -0.0487. The topological polar surface area (TPSA) is 442 Å². The van der Waals surface area contributed by atoms with Crippen LogP contribution < -0.4 is 71.6 Å². The number of carboxylic acid groups (broad SMARTS) is 1. The van der Waals surface area contributed by atoms with E-state index in [1.807, 2.05) is 94.4 Å². The number of carboxylic acids is 1. The largest absolute Gasteiger partial charge is 0.480 e. The third kappa shape index (κ3) is 24.5. The van der Waals surface area contributed by atoms with E-state index < -0.39 is 107 Å². The maximum atomic E-state index is 14.6. The van der Waals surface area contributed by atoms with Crippen molar-refractivity contribution in [2.24, 2.45) is 56.2 Å². The van der Waals surface area contributed by atoms with Crippen molar-refractivity contribution >= 4 is 65.1 Å². The van der Waals surface area contributed by atoms with Crippen molar-refractivity contribution in [3.63, 3.8) is 0 Å². The van der Waals surface area contributed by atoms with E-state index >= 15 is 0 Å². The molecular weight excluding hydrogens is 1160 g/mol. The van der Waals surface area contributed by atoms with Crippen LogP contribution in [0.15, 0.2) is 131 Å². The zero-order valence-corrected chi connectivity index (χ0v) is 52.4. The Morgan fingerprint density at radius 3 is 1.16 bits per heavy atom. The van der Waals surface area contributed by atoms with E-state index in [9.17, 15) is 48.3 Å². The van der Waals surface area contributed by atoms with Crippen LogP contribution in [0.5, 0.6) is 0 Å². The van der Waals surface area contributed by atoms with Crippen LogP contribution >= 0.6 is 0 Å². The number of likely N-dealkylation sites (tertiary alicyclic amines) is 1. The molecule has 492 valence electrons. The van der Waals surface area contributed by atoms with Gasteiger partial charge in [-0.15, -0.1) is 0 Å². The lowest BCUT2D eigenvalue weighted by atomic mass is 9.86. The lowest BCUT2D eigenvalue weighted by molar-refractivity contribution is -0.152. The number of hydrogen-bond donors (Lipinski definition) is 14. The molecule has 0 unspecified atom stereocenters. The van der Waals surface area contributed by atoms with Gasteiger partial charge in [-0.05, 0) is 91.9 Å². The number of aliphatic carboxylic acids is 1. The number of nitrogens with zero attached hydrogens (tertiary/aromatic N) is 3. The van der Waals surface area contributed by atoms with Crippen LogP contribution in [0.25, 0.3) is 0 Å². The second-order valence-electron chi connectivity index (χ2n) is 23.8. The third-order valence-corrected chi connectivity index (χ3v) is 15.4. The summed E-state index contributed by atoms with van der Waals surface area (Å²) in [5, 5.41) is 30.2. The summed E-state index contributed by atoms with van der Waals surface area (Å²) in [4.78, 5) is 137. The Morgan fingerprint density at radius 1 is 0.451 bits per heavy atom. The van der Waals surface area contributed by atoms with Gasteiger partial charge in [0.1, 0.15) is 41.8 Å². The smallest absolute Gasteiger partial charge is 0.329 e. The molecule has 1 saturated heterocycles. The predicted octanol–water partition coefficient (Wildman–Crippen LogP) is -0.108. The van der Waals surface area contributed by atoms with Gasteiger partial charge in [0.25, 0.3) is 0 Å². The van der Waals surface area contributed by atoms with E-state index in [1.54, 1.807) is 54.6 Å². The molecule has 0 saturated carbocycles. The van der Waals surface area contributed by atoms with E-state index in [0.717, 1.165) is 16.7 Å². The maximum absolute atomic E-state index is 14.6. The fourth-order valence-electron chi connectivity index (χ4n) is 10.5. The summed E-state index contributed by atoms with van der Waals surface area (Å²) < 4.78 is 0. The van der Waals surface area contributed by atoms with E-state index in [4.69, 9.17) is 34.4 Å². The number of rotatable bonds is 35. The number of aliphatic imine (C=N–C) groups is 2. The fraction of sp³-hybridized carbons (Fsp3) is 0.462. The molecule has 0 spiro atoms. The molecule has 0 aromatic heterocycles. The number of benzene rings is 4. The number of carbonyl (C=O) groups excluding carboxylic acids is 8. The Labute approximate surface area is 531 Å². The molecule has 20 N–H and O–H groups in total. The molecule has 1 heterocycles. The molecule has 5 rings (SSSR count). The average Bonchev–Trinajstić information content (AvgIpc) is 1.24. The molecule has 26 nitrogen and oxygen atoms in total. The van der Waals surface area contributed by atoms with Gasteiger partial charge in [-0.1, -0.05) is 149 Å². The zero-order valence-electron chi connectivity index (χ0n) is 52.4. The highest BCUT2D eigenvalue weighted by molar-refractivity contribution is 5.97. The van der Waals surface area contributed by atoms with Crippen LogP contribution in [0.1, 0.15) is 94.9 Å². The molecule has 4 aromatic rings. The fourth-order valence-corrected chi connectivity index (χ4v) is 10.5. The number of nitrogens with one attached hydrogen (secondary N) is 7. The number of guanidine groups is 2. The molecule has 0 bridgehead atoms. The normalized spacial score (nSPS) is 15.3. The van der Waals surface area contributed by atoms with Gasteiger partial charge in [-0.25, -0.2) is 4.79 Å². The van der Waals surface area contributed by atoms with Crippen LogP contribution in [0.2, 0.25) is 0 Å². The molecular formula is C65H92N16O10. The van der Waals surface area contributed by atoms with Gasteiger partial charge in [-0.3, -0.25) is 48.3 Å². The van der Waals surface area contributed by atoms with Crippen molar-refractivity contribution in [3.8, 4) is 0 Å². The summed E-state index contributed by atoms with van der Waals surface area (Å²) in [7, 11) is 0. The van der Waals surface area contributed by atoms with E-state index in [-0.39, 0.29) is 121 Å². The van der Waals surface area contributed by atoms with E-state index in [2.05, 4.69) is 47.2 Å². The van der Waals surface area contributed by atoms with Crippen molar-refractivity contribution in [2.75, 3.05) is 26.2 Å². The zero-order chi connectivity index (χ0) is 66.6. The molecule has 4 aromatic carbocycles. The molecule has 8 atom stereocenters. The quantitative estimate of drug-likeness (QED) is 0.0162. The standard InChI is InChI=1S/C65H92N16O10/c1-40(2)34-50(78-58(86)52(38-44-22-13-7-14-23-44)76-54(82)46(66)36-42-18-9-5-10-19-42)56(84)74-48(26-17-30-72-63(68)69)60(88)80-65(62(90)91)28-32-81(33-29-65)61(89)49(27-31-73-64(70)71)75-57(85)51(35-41(3)4)79-59(87)53(39-45-24-15-8-16-25-45)77-55(83)47(67)37-43-20-11-6-12-21-43/h5-16,18-25,40-41,46-53H,17,26-39,66-67H2,1-4H3,(H,74,84)(H,75,85)(H,76,82)(H,77,83)(H,78,86)(H,79,87)(H,80,88)(H,90,91)(H4,68,69,72)(H4,70,71,73)/t46-,47-,48-,49-,50-,51-,52-,53-/m1/s1. The summed E-state index contributed by atoms with van der Waals surface area (Å²) in [6.45, 7) is 6.78. The number of amides is 8. The Kier molecular flexibility index (Phi) is 28.8. The highest BCUT2D eigenvalue weighted by Crippen LogP contribution is 2.25. The maximum Gasteiger partial charge on any atom is 0.329 e. The number of nitrogens with two attached hydrogens (primary N) is 6. The average molecular weight is 1260 g/mol. The van der Waals surface area contributed by atoms with Gasteiger partial charge in [0.15, 0.2) is 11.9 Å². The summed E-state index contributed by atoms with van der Waals surface area (Å²) in [5.74, 6) is -7.87. The van der Waals surface area contributed by atoms with Gasteiger partial charge in [0.05, 0.1) is 12.1 Å². The van der Waals surface area contributed by atoms with E-state index in [1.165, 1.54) is 4.90 Å². The first-order chi connectivity index (χ1) is 43.3. The van der Waals surface area contributed by atoms with Gasteiger partial charge in [0, 0.05) is 39.0 Å². The Hall–Kier alpha value is -9.43. The SMILES string of the molecule is CC(C)C[C@@H](NC(=O)[C@@H](Cc1ccccc1)NC(=O)[C@H](N)Cc1ccccc1)C(=O)N[C@H](CCCN=C(N)N)C(=O)NC1(C(=O)O)CCN(C(=O)[C@@H](CCN=C(N)N)NC(=O)[C@@H](CC(C)C)NC(=O)[C@@H](Cc2ccccc2)NC(=O)[C@H](N)Cc2ccccc2)CC1. The van der Waals surface area contributed by atoms with Crippen LogP contribution in [-0.4, -0.2) is 155 Å². The lowest BCUT2D eigenvalue weighted by Crippen LogP contribution is -2.65. The van der Waals surface area contributed by atoms with Crippen molar-refractivity contribution < 1.29 is 48.3 Å². The summed E-state index contributed by atoms with van der Waals surface area (Å²) >= 11 is 0. The molecule has 91 heavy (non-hydrogen) atoms. The molecule has 0 aliphatic carbocycles. The Bertz CT molecular complexity index is 3090. The van der Waals surface area contributed by atoms with Gasteiger partial charge in [-0.2, -0.15) is 0 Å². The molecule has 1 aliphatic rings.